The van der Waals surface area contributed by atoms with Crippen LogP contribution >= 0.6 is 0 Å². The van der Waals surface area contributed by atoms with Crippen molar-refractivity contribution in [2.24, 2.45) is 52.3 Å². The second kappa shape index (κ2) is 3.99. The SMILES string of the molecule is C[C@H]1[C@H]2C[C@H](C[C@]2(O)C2C(=O)[C@@H]3C[C@H]2C(C)(C)[C@H]3C)C1(C)C. The highest BCUT2D eigenvalue weighted by molar-refractivity contribution is 5.89. The van der Waals surface area contributed by atoms with Gasteiger partial charge >= 0.3 is 0 Å². The number of hydrogen-bond acceptors (Lipinski definition) is 2. The highest BCUT2D eigenvalue weighted by Crippen LogP contribution is 2.70. The summed E-state index contributed by atoms with van der Waals surface area (Å²) >= 11 is 0. The first kappa shape index (κ1) is 15.2. The lowest BCUT2D eigenvalue weighted by Gasteiger charge is -2.52. The standard InChI is InChI=1S/C20H32O2/c1-10-13-8-15(19(10,5)6)16(17(13)21)20(22)9-12-7-14(20)11(2)18(12,3)4/h10-16,22H,7-9H2,1-6H3/t10-,11-,12+,13+,14+,15+,16?,20+/m0/s1. The fourth-order valence-electron chi connectivity index (χ4n) is 7.18. The molecule has 0 amide bonds. The number of ketones is 1. The van der Waals surface area contributed by atoms with E-state index in [9.17, 15) is 9.90 Å². The van der Waals surface area contributed by atoms with Gasteiger partial charge in [-0.3, -0.25) is 4.79 Å². The van der Waals surface area contributed by atoms with Gasteiger partial charge in [0.2, 0.25) is 0 Å². The van der Waals surface area contributed by atoms with Crippen LogP contribution in [0.2, 0.25) is 0 Å². The molecule has 1 N–H and O–H groups in total. The maximum atomic E-state index is 13.0. The third kappa shape index (κ3) is 1.45. The summed E-state index contributed by atoms with van der Waals surface area (Å²) < 4.78 is 0. The van der Waals surface area contributed by atoms with Gasteiger partial charge in [0.05, 0.1) is 11.5 Å². The molecule has 0 spiro atoms. The molecule has 0 saturated heterocycles. The van der Waals surface area contributed by atoms with Gasteiger partial charge in [-0.2, -0.15) is 0 Å². The van der Waals surface area contributed by atoms with Crippen molar-refractivity contribution < 1.29 is 9.90 Å². The molecule has 4 aliphatic carbocycles. The number of fused-ring (bicyclic) bond motifs is 4. The van der Waals surface area contributed by atoms with Gasteiger partial charge in [-0.05, 0) is 59.7 Å². The molecular weight excluding hydrogens is 272 g/mol. The van der Waals surface area contributed by atoms with Crippen molar-refractivity contribution >= 4 is 5.78 Å². The molecule has 0 aliphatic heterocycles. The molecule has 0 aromatic carbocycles. The number of rotatable bonds is 1. The number of carbonyl (C=O) groups is 1. The van der Waals surface area contributed by atoms with Crippen molar-refractivity contribution in [2.75, 3.05) is 0 Å². The Morgan fingerprint density at radius 3 is 2.09 bits per heavy atom. The zero-order chi connectivity index (χ0) is 16.2. The van der Waals surface area contributed by atoms with E-state index in [0.29, 0.717) is 40.8 Å². The monoisotopic (exact) mass is 304 g/mol. The smallest absolute Gasteiger partial charge is 0.142 e. The van der Waals surface area contributed by atoms with Gasteiger partial charge < -0.3 is 5.11 Å². The van der Waals surface area contributed by atoms with Gasteiger partial charge in [0.15, 0.2) is 0 Å². The maximum absolute atomic E-state index is 13.0. The molecule has 0 aromatic rings. The average molecular weight is 304 g/mol. The molecule has 4 rings (SSSR count). The summed E-state index contributed by atoms with van der Waals surface area (Å²) in [6.45, 7) is 13.9. The molecule has 8 atom stereocenters. The molecule has 0 heterocycles. The molecule has 4 bridgehead atoms. The van der Waals surface area contributed by atoms with E-state index >= 15 is 0 Å². The Hall–Kier alpha value is -0.370. The number of aliphatic hydroxyl groups is 1. The Morgan fingerprint density at radius 2 is 1.59 bits per heavy atom. The Morgan fingerprint density at radius 1 is 0.955 bits per heavy atom. The third-order valence-corrected chi connectivity index (χ3v) is 9.44. The summed E-state index contributed by atoms with van der Waals surface area (Å²) in [5.41, 5.74) is -0.201. The van der Waals surface area contributed by atoms with Gasteiger partial charge in [0.25, 0.3) is 0 Å². The molecule has 4 saturated carbocycles. The largest absolute Gasteiger partial charge is 0.389 e. The van der Waals surface area contributed by atoms with Gasteiger partial charge in [0, 0.05) is 5.92 Å². The third-order valence-electron chi connectivity index (χ3n) is 9.44. The lowest BCUT2D eigenvalue weighted by molar-refractivity contribution is -0.161. The van der Waals surface area contributed by atoms with Gasteiger partial charge in [0.1, 0.15) is 5.78 Å². The minimum Gasteiger partial charge on any atom is -0.389 e. The predicted octanol–water partition coefficient (Wildman–Crippen LogP) is 3.92. The summed E-state index contributed by atoms with van der Waals surface area (Å²) in [5, 5.41) is 11.7. The van der Waals surface area contributed by atoms with Crippen molar-refractivity contribution in [3.05, 3.63) is 0 Å². The van der Waals surface area contributed by atoms with E-state index in [1.54, 1.807) is 0 Å². The molecule has 1 unspecified atom stereocenters. The van der Waals surface area contributed by atoms with E-state index in [4.69, 9.17) is 0 Å². The molecule has 2 heteroatoms. The van der Waals surface area contributed by atoms with Gasteiger partial charge in [-0.25, -0.2) is 0 Å². The fourth-order valence-corrected chi connectivity index (χ4v) is 7.18. The van der Waals surface area contributed by atoms with Crippen LogP contribution in [0.5, 0.6) is 0 Å². The lowest BCUT2D eigenvalue weighted by atomic mass is 9.55. The van der Waals surface area contributed by atoms with Crippen LogP contribution in [0.3, 0.4) is 0 Å². The second-order valence-electron chi connectivity index (χ2n) is 10.3. The highest BCUT2D eigenvalue weighted by atomic mass is 16.3. The zero-order valence-corrected chi connectivity index (χ0v) is 15.0. The van der Waals surface area contributed by atoms with Crippen molar-refractivity contribution in [3.8, 4) is 0 Å². The molecule has 0 aromatic heterocycles. The number of carbonyl (C=O) groups excluding carboxylic acids is 1. The van der Waals surface area contributed by atoms with Crippen molar-refractivity contribution in [2.45, 2.75) is 66.4 Å². The Bertz CT molecular complexity index is 530. The highest BCUT2D eigenvalue weighted by Gasteiger charge is 2.71. The topological polar surface area (TPSA) is 37.3 Å². The van der Waals surface area contributed by atoms with E-state index in [0.717, 1.165) is 19.3 Å². The normalized spacial score (nSPS) is 57.8. The van der Waals surface area contributed by atoms with Crippen LogP contribution < -0.4 is 0 Å². The maximum Gasteiger partial charge on any atom is 0.142 e. The van der Waals surface area contributed by atoms with E-state index in [2.05, 4.69) is 41.5 Å². The minimum atomic E-state index is -0.715. The van der Waals surface area contributed by atoms with Crippen LogP contribution in [0.15, 0.2) is 0 Å². The molecule has 4 fully saturated rings. The minimum absolute atomic E-state index is 0.0859. The fraction of sp³-hybridized carbons (Fsp3) is 0.950. The Labute approximate surface area is 135 Å². The summed E-state index contributed by atoms with van der Waals surface area (Å²) in [6.07, 6.45) is 3.01. The van der Waals surface area contributed by atoms with Crippen LogP contribution in [-0.4, -0.2) is 16.5 Å². The first-order valence-electron chi connectivity index (χ1n) is 9.29. The average Bonchev–Trinajstić information content (AvgIpc) is 3.06. The van der Waals surface area contributed by atoms with E-state index in [1.807, 2.05) is 0 Å². The molecule has 2 nitrogen and oxygen atoms in total. The molecule has 124 valence electrons. The molecular formula is C20H32O2. The van der Waals surface area contributed by atoms with Crippen LogP contribution in [-0.2, 0) is 4.79 Å². The predicted molar refractivity (Wildman–Crippen MR) is 87.1 cm³/mol. The van der Waals surface area contributed by atoms with Crippen molar-refractivity contribution in [1.82, 2.24) is 0 Å². The van der Waals surface area contributed by atoms with Crippen LogP contribution in [0, 0.1) is 52.3 Å². The molecule has 22 heavy (non-hydrogen) atoms. The lowest BCUT2D eigenvalue weighted by Crippen LogP contribution is -2.57. The summed E-state index contributed by atoms with van der Waals surface area (Å²) in [6, 6.07) is 0. The first-order chi connectivity index (χ1) is 10.0. The molecule has 4 aliphatic rings. The quantitative estimate of drug-likeness (QED) is 0.797. The molecule has 0 radical (unpaired) electrons. The van der Waals surface area contributed by atoms with E-state index in [-0.39, 0.29) is 17.3 Å². The summed E-state index contributed by atoms with van der Waals surface area (Å²) in [4.78, 5) is 13.0. The van der Waals surface area contributed by atoms with Gasteiger partial charge in [-0.1, -0.05) is 41.5 Å². The summed E-state index contributed by atoms with van der Waals surface area (Å²) in [7, 11) is 0. The van der Waals surface area contributed by atoms with Gasteiger partial charge in [-0.15, -0.1) is 0 Å². The number of hydrogen-bond donors (Lipinski definition) is 1. The van der Waals surface area contributed by atoms with Crippen LogP contribution in [0.25, 0.3) is 0 Å². The Kier molecular flexibility index (Phi) is 2.75. The number of Topliss-reactive ketones (excluding diaryl/α,β-unsaturated/α-hetero) is 1. The Balaban J connectivity index is 1.71. The van der Waals surface area contributed by atoms with Crippen molar-refractivity contribution in [1.29, 1.82) is 0 Å². The van der Waals surface area contributed by atoms with Crippen LogP contribution in [0.1, 0.15) is 60.8 Å². The zero-order valence-electron chi connectivity index (χ0n) is 15.0. The van der Waals surface area contributed by atoms with Crippen molar-refractivity contribution in [3.63, 3.8) is 0 Å². The first-order valence-corrected chi connectivity index (χ1v) is 9.29. The summed E-state index contributed by atoms with van der Waals surface area (Å²) in [5.74, 6) is 2.81. The van der Waals surface area contributed by atoms with E-state index < -0.39 is 5.60 Å². The van der Waals surface area contributed by atoms with E-state index in [1.165, 1.54) is 0 Å². The second-order valence-corrected chi connectivity index (χ2v) is 10.3. The van der Waals surface area contributed by atoms with Crippen LogP contribution in [0.4, 0.5) is 0 Å².